The molecule has 20 heavy (non-hydrogen) atoms. The van der Waals surface area contributed by atoms with Gasteiger partial charge in [-0.1, -0.05) is 26.7 Å². The van der Waals surface area contributed by atoms with Gasteiger partial charge in [-0.25, -0.2) is 0 Å². The van der Waals surface area contributed by atoms with Crippen LogP contribution in [-0.2, 0) is 0 Å². The predicted octanol–water partition coefficient (Wildman–Crippen LogP) is 4.01. The zero-order chi connectivity index (χ0) is 14.6. The highest BCUT2D eigenvalue weighted by molar-refractivity contribution is 4.87. The molecule has 0 saturated carbocycles. The van der Waals surface area contributed by atoms with E-state index in [0.29, 0.717) is 5.41 Å². The van der Waals surface area contributed by atoms with Gasteiger partial charge >= 0.3 is 0 Å². The van der Waals surface area contributed by atoms with Gasteiger partial charge < -0.3 is 9.80 Å². The zero-order valence-electron chi connectivity index (χ0n) is 14.3. The third-order valence-electron chi connectivity index (χ3n) is 5.74. The van der Waals surface area contributed by atoms with Crippen LogP contribution in [0.1, 0.15) is 66.2 Å². The van der Waals surface area contributed by atoms with Crippen molar-refractivity contribution >= 4 is 0 Å². The molecule has 0 aromatic carbocycles. The van der Waals surface area contributed by atoms with Crippen LogP contribution < -0.4 is 0 Å². The Balaban J connectivity index is 1.74. The van der Waals surface area contributed by atoms with E-state index in [1.54, 1.807) is 0 Å². The second-order valence-corrected chi connectivity index (χ2v) is 7.95. The molecule has 0 aromatic rings. The first-order valence-electron chi connectivity index (χ1n) is 8.99. The fourth-order valence-corrected chi connectivity index (χ4v) is 4.12. The summed E-state index contributed by atoms with van der Waals surface area (Å²) < 4.78 is 0. The molecule has 2 heterocycles. The SMILES string of the molecule is CCCC1CCN(CC2(C)CCN(C(C)C)CC2)CC1. The van der Waals surface area contributed by atoms with Crippen LogP contribution in [0, 0.1) is 11.3 Å². The lowest BCUT2D eigenvalue weighted by Gasteiger charge is -2.45. The van der Waals surface area contributed by atoms with Crippen molar-refractivity contribution in [3.63, 3.8) is 0 Å². The van der Waals surface area contributed by atoms with Crippen LogP contribution in [0.3, 0.4) is 0 Å². The number of hydrogen-bond donors (Lipinski definition) is 0. The summed E-state index contributed by atoms with van der Waals surface area (Å²) in [7, 11) is 0. The maximum Gasteiger partial charge on any atom is 0.00385 e. The quantitative estimate of drug-likeness (QED) is 0.751. The zero-order valence-corrected chi connectivity index (χ0v) is 14.3. The molecule has 2 aliphatic rings. The smallest absolute Gasteiger partial charge is 0.00385 e. The molecular formula is C18H36N2. The summed E-state index contributed by atoms with van der Waals surface area (Å²) in [6, 6.07) is 0.726. The van der Waals surface area contributed by atoms with E-state index in [0.717, 1.165) is 12.0 Å². The number of nitrogens with zero attached hydrogens (tertiary/aromatic N) is 2. The topological polar surface area (TPSA) is 6.48 Å². The summed E-state index contributed by atoms with van der Waals surface area (Å²) in [5.74, 6) is 1.02. The fraction of sp³-hybridized carbons (Fsp3) is 1.00. The summed E-state index contributed by atoms with van der Waals surface area (Å²) in [6.45, 7) is 16.2. The van der Waals surface area contributed by atoms with Gasteiger partial charge in [0.1, 0.15) is 0 Å². The molecule has 2 heteroatoms. The highest BCUT2D eigenvalue weighted by atomic mass is 15.2. The lowest BCUT2D eigenvalue weighted by Crippen LogP contribution is -2.48. The number of hydrogen-bond acceptors (Lipinski definition) is 2. The molecule has 0 spiro atoms. The van der Waals surface area contributed by atoms with Crippen molar-refractivity contribution in [1.29, 1.82) is 0 Å². The molecule has 0 atom stereocenters. The number of rotatable bonds is 5. The highest BCUT2D eigenvalue weighted by Crippen LogP contribution is 2.34. The molecule has 0 radical (unpaired) electrons. The van der Waals surface area contributed by atoms with Crippen LogP contribution in [0.4, 0.5) is 0 Å². The van der Waals surface area contributed by atoms with E-state index in [2.05, 4.69) is 37.5 Å². The van der Waals surface area contributed by atoms with E-state index >= 15 is 0 Å². The van der Waals surface area contributed by atoms with E-state index in [4.69, 9.17) is 0 Å². The Morgan fingerprint density at radius 1 is 1.05 bits per heavy atom. The Morgan fingerprint density at radius 3 is 2.15 bits per heavy atom. The van der Waals surface area contributed by atoms with E-state index < -0.39 is 0 Å². The van der Waals surface area contributed by atoms with Crippen molar-refractivity contribution in [1.82, 2.24) is 9.80 Å². The Hall–Kier alpha value is -0.0800. The number of piperidine rings is 2. The van der Waals surface area contributed by atoms with Crippen molar-refractivity contribution in [3.8, 4) is 0 Å². The molecule has 0 amide bonds. The molecule has 0 N–H and O–H groups in total. The standard InChI is InChI=1S/C18H36N2/c1-5-6-17-7-11-19(12-8-17)15-18(4)9-13-20(14-10-18)16(2)3/h16-17H,5-15H2,1-4H3. The lowest BCUT2D eigenvalue weighted by molar-refractivity contribution is 0.0481. The van der Waals surface area contributed by atoms with E-state index in [-0.39, 0.29) is 0 Å². The van der Waals surface area contributed by atoms with Gasteiger partial charge in [0.15, 0.2) is 0 Å². The average molecular weight is 281 g/mol. The maximum atomic E-state index is 2.76. The third-order valence-corrected chi connectivity index (χ3v) is 5.74. The van der Waals surface area contributed by atoms with E-state index in [1.807, 2.05) is 0 Å². The molecule has 0 aromatic heterocycles. The summed E-state index contributed by atoms with van der Waals surface area (Å²) in [5.41, 5.74) is 0.572. The molecule has 0 unspecified atom stereocenters. The van der Waals surface area contributed by atoms with Crippen molar-refractivity contribution < 1.29 is 0 Å². The van der Waals surface area contributed by atoms with Crippen LogP contribution in [0.2, 0.25) is 0 Å². The lowest BCUT2D eigenvalue weighted by atomic mass is 9.79. The average Bonchev–Trinajstić information content (AvgIpc) is 2.41. The molecular weight excluding hydrogens is 244 g/mol. The van der Waals surface area contributed by atoms with Crippen molar-refractivity contribution in [2.45, 2.75) is 72.3 Å². The highest BCUT2D eigenvalue weighted by Gasteiger charge is 2.33. The largest absolute Gasteiger partial charge is 0.303 e. The van der Waals surface area contributed by atoms with Gasteiger partial charge in [-0.3, -0.25) is 0 Å². The van der Waals surface area contributed by atoms with Gasteiger partial charge in [0.05, 0.1) is 0 Å². The van der Waals surface area contributed by atoms with Gasteiger partial charge in [0.25, 0.3) is 0 Å². The Bertz CT molecular complexity index is 271. The number of likely N-dealkylation sites (tertiary alicyclic amines) is 2. The van der Waals surface area contributed by atoms with Crippen LogP contribution in [0.5, 0.6) is 0 Å². The first-order valence-corrected chi connectivity index (χ1v) is 8.99. The van der Waals surface area contributed by atoms with Crippen molar-refractivity contribution in [3.05, 3.63) is 0 Å². The third kappa shape index (κ3) is 4.46. The molecule has 2 saturated heterocycles. The fourth-order valence-electron chi connectivity index (χ4n) is 4.12. The van der Waals surface area contributed by atoms with Gasteiger partial charge in [-0.05, 0) is 77.0 Å². The van der Waals surface area contributed by atoms with Gasteiger partial charge in [-0.15, -0.1) is 0 Å². The molecule has 2 fully saturated rings. The Kier molecular flexibility index (Phi) is 5.92. The summed E-state index contributed by atoms with van der Waals surface area (Å²) >= 11 is 0. The monoisotopic (exact) mass is 280 g/mol. The molecule has 0 aliphatic carbocycles. The van der Waals surface area contributed by atoms with Crippen molar-refractivity contribution in [2.24, 2.45) is 11.3 Å². The first-order chi connectivity index (χ1) is 9.52. The minimum Gasteiger partial charge on any atom is -0.303 e. The Labute approximate surface area is 126 Å². The van der Waals surface area contributed by atoms with Crippen molar-refractivity contribution in [2.75, 3.05) is 32.7 Å². The summed E-state index contributed by atoms with van der Waals surface area (Å²) in [5, 5.41) is 0. The van der Waals surface area contributed by atoms with Crippen LogP contribution in [-0.4, -0.2) is 48.6 Å². The van der Waals surface area contributed by atoms with Gasteiger partial charge in [0, 0.05) is 12.6 Å². The molecule has 118 valence electrons. The van der Waals surface area contributed by atoms with Gasteiger partial charge in [-0.2, -0.15) is 0 Å². The van der Waals surface area contributed by atoms with E-state index in [9.17, 15) is 0 Å². The second-order valence-electron chi connectivity index (χ2n) is 7.95. The molecule has 0 bridgehead atoms. The maximum absolute atomic E-state index is 2.76. The molecule has 2 aliphatic heterocycles. The van der Waals surface area contributed by atoms with Crippen LogP contribution >= 0.6 is 0 Å². The second kappa shape index (κ2) is 7.26. The Morgan fingerprint density at radius 2 is 1.65 bits per heavy atom. The molecule has 2 rings (SSSR count). The van der Waals surface area contributed by atoms with Crippen LogP contribution in [0.15, 0.2) is 0 Å². The summed E-state index contributed by atoms with van der Waals surface area (Å²) in [6.07, 6.45) is 8.49. The minimum atomic E-state index is 0.572. The first kappa shape index (κ1) is 16.3. The van der Waals surface area contributed by atoms with Crippen LogP contribution in [0.25, 0.3) is 0 Å². The predicted molar refractivity (Wildman–Crippen MR) is 88.1 cm³/mol. The van der Waals surface area contributed by atoms with E-state index in [1.165, 1.54) is 71.2 Å². The minimum absolute atomic E-state index is 0.572. The normalized spacial score (nSPS) is 26.2. The van der Waals surface area contributed by atoms with Gasteiger partial charge in [0.2, 0.25) is 0 Å². The molecule has 2 nitrogen and oxygen atoms in total. The summed E-state index contributed by atoms with van der Waals surface area (Å²) in [4.78, 5) is 5.41.